The smallest absolute Gasteiger partial charge is 1.00 e. The molecule has 0 atom stereocenters. The molecule has 0 spiro atoms. The predicted octanol–water partition coefficient (Wildman–Crippen LogP) is 16.1. The normalized spacial score (nSPS) is 18.3. The Hall–Kier alpha value is 1.73. The molecule has 0 heterocycles. The second-order valence-electron chi connectivity index (χ2n) is 18.6. The molecule has 0 radical (unpaired) electrons. The Labute approximate surface area is 474 Å². The molecule has 0 amide bonds. The standard InChI is InChI=1S/C9H18.C7H12O2.C6H9N.C6H12O.4C5H10.8CH3.4Fe.HI/c1-9(2,3)8-6-4-5-7-8;8-7(9)5-6-3-1-2-4-6;2*7-5-6-3-1-2-4-6;4*1-2-4-5-3-1;;;;;;;;;;;;;/h8H,4-7H2,1-3H3;6H,1-5H2,(H,8,9);6H,1-4H2;6-7H,1-5H2;4*1-5H2;8*1H3;;;;;1H/q;;;;;;;;8*-1;4*+2;/p-1. The van der Waals surface area contributed by atoms with Crippen LogP contribution < -0.4 is 24.0 Å². The fourth-order valence-corrected chi connectivity index (χ4v) is 9.04. The van der Waals surface area contributed by atoms with Crippen LogP contribution in [0.2, 0.25) is 0 Å². The van der Waals surface area contributed by atoms with Crippen molar-refractivity contribution in [2.75, 3.05) is 6.61 Å². The third-order valence-electron chi connectivity index (χ3n) is 12.8. The van der Waals surface area contributed by atoms with Crippen LogP contribution in [-0.2, 0) is 73.1 Å². The molecule has 0 aromatic rings. The minimum atomic E-state index is -0.637. The van der Waals surface area contributed by atoms with Gasteiger partial charge in [-0.05, 0) is 74.5 Å². The van der Waals surface area contributed by atoms with Crippen molar-refractivity contribution < 1.29 is 107 Å². The minimum absolute atomic E-state index is 0. The van der Waals surface area contributed by atoms with Crippen LogP contribution in [0.3, 0.4) is 0 Å². The quantitative estimate of drug-likeness (QED) is 0.168. The molecule has 8 rings (SSSR count). The number of carboxylic acid groups (broad SMARTS) is 1. The maximum Gasteiger partial charge on any atom is 2.00 e. The topological polar surface area (TPSA) is 81.3 Å². The SMILES string of the molecule is C1CCCC1.C1CCCC1.C1CCCC1.C1CCCC1.CC(C)(C)C1CCCC1.N#CC1CCCC1.O=C(O)CC1CCCC1.OCC1CCCC1.[CH3-].[CH3-].[CH3-].[CH3-].[CH3-].[CH3-].[CH3-].[CH3-].[Fe+2].[Fe+2].[Fe+2].[Fe+2].[I-]. The third kappa shape index (κ3) is 65.7. The van der Waals surface area contributed by atoms with E-state index in [1.54, 1.807) is 0 Å². The number of aliphatic carboxylic acids is 1. The van der Waals surface area contributed by atoms with E-state index in [0.717, 1.165) is 31.6 Å². The number of hydrogen-bond acceptors (Lipinski definition) is 3. The van der Waals surface area contributed by atoms with Crippen LogP contribution in [0.25, 0.3) is 0 Å². The van der Waals surface area contributed by atoms with Gasteiger partial charge in [-0.2, -0.15) is 5.26 Å². The Balaban J connectivity index is -0.0000000424. The summed E-state index contributed by atoms with van der Waals surface area (Å²) in [4.78, 5) is 10.2. The summed E-state index contributed by atoms with van der Waals surface area (Å²) in [5, 5.41) is 25.3. The molecule has 4 nitrogen and oxygen atoms in total. The number of aliphatic hydroxyl groups excluding tert-OH is 1. The second kappa shape index (κ2) is 72.3. The van der Waals surface area contributed by atoms with Crippen molar-refractivity contribution in [1.29, 1.82) is 5.26 Å². The van der Waals surface area contributed by atoms with E-state index in [4.69, 9.17) is 15.5 Å². The molecule has 0 aromatic heterocycles. The molecule has 0 bridgehead atoms. The van der Waals surface area contributed by atoms with Crippen LogP contribution in [0.1, 0.15) is 258 Å². The molecule has 0 aromatic carbocycles. The minimum Gasteiger partial charge on any atom is -1.00 e. The van der Waals surface area contributed by atoms with Crippen molar-refractivity contribution >= 4 is 5.97 Å². The Morgan fingerprint density at radius 1 is 0.431 bits per heavy atom. The number of halogens is 1. The molecule has 2 N–H and O–H groups in total. The van der Waals surface area contributed by atoms with E-state index in [0.29, 0.717) is 36.2 Å². The summed E-state index contributed by atoms with van der Waals surface area (Å²) >= 11 is 0. The molecule has 8 saturated carbocycles. The molecule has 0 unspecified atom stereocenters. The molecular weight excluding hydrogens is 1080 g/mol. The first kappa shape index (κ1) is 99.9. The van der Waals surface area contributed by atoms with Gasteiger partial charge >= 0.3 is 74.2 Å². The van der Waals surface area contributed by atoms with Gasteiger partial charge in [-0.15, -0.1) is 0 Å². The fraction of sp³-hybridized carbons (Fsp3) is 0.821. The molecule has 65 heavy (non-hydrogen) atoms. The molecular formula is C56H115Fe4INO3-. The van der Waals surface area contributed by atoms with Crippen LogP contribution in [0, 0.1) is 99.8 Å². The number of nitriles is 1. The van der Waals surface area contributed by atoms with Gasteiger partial charge in [-0.25, -0.2) is 0 Å². The van der Waals surface area contributed by atoms with E-state index >= 15 is 0 Å². The summed E-state index contributed by atoms with van der Waals surface area (Å²) in [6.07, 6.45) is 51.1. The van der Waals surface area contributed by atoms with Gasteiger partial charge in [-0.3, -0.25) is 4.79 Å². The number of hydrogen-bond donors (Lipinski definition) is 2. The number of rotatable bonds is 3. The first-order chi connectivity index (χ1) is 25.3. The molecule has 9 heteroatoms. The summed E-state index contributed by atoms with van der Waals surface area (Å²) in [6.45, 7) is 7.51. The van der Waals surface area contributed by atoms with Crippen molar-refractivity contribution in [3.05, 3.63) is 59.4 Å². The maximum absolute atomic E-state index is 10.2. The van der Waals surface area contributed by atoms with E-state index in [2.05, 4.69) is 26.8 Å². The van der Waals surface area contributed by atoms with E-state index in [1.165, 1.54) is 205 Å². The zero-order chi connectivity index (χ0) is 38.0. The monoisotopic (exact) mass is 1200 g/mol. The van der Waals surface area contributed by atoms with Gasteiger partial charge in [0.2, 0.25) is 0 Å². The molecule has 0 saturated heterocycles. The summed E-state index contributed by atoms with van der Waals surface area (Å²) in [7, 11) is 0. The van der Waals surface area contributed by atoms with Gasteiger partial charge in [0.05, 0.1) is 6.07 Å². The molecule has 8 fully saturated rings. The number of carboxylic acids is 1. The first-order valence-electron chi connectivity index (χ1n) is 23.5. The molecule has 8 aliphatic carbocycles. The Bertz CT molecular complexity index is 748. The number of aliphatic hydroxyl groups is 1. The number of carbonyl (C=O) groups is 1. The second-order valence-corrected chi connectivity index (χ2v) is 18.6. The van der Waals surface area contributed by atoms with Gasteiger partial charge in [0.15, 0.2) is 0 Å². The van der Waals surface area contributed by atoms with E-state index < -0.39 is 5.97 Å². The Kier molecular flexibility index (Phi) is 111. The van der Waals surface area contributed by atoms with Crippen LogP contribution in [0.4, 0.5) is 0 Å². The van der Waals surface area contributed by atoms with Crippen molar-refractivity contribution in [2.45, 2.75) is 258 Å². The van der Waals surface area contributed by atoms with Crippen LogP contribution in [0.5, 0.6) is 0 Å². The van der Waals surface area contributed by atoms with E-state index in [-0.39, 0.29) is 152 Å². The number of nitrogens with zero attached hydrogens (tertiary/aromatic N) is 1. The molecule has 0 aliphatic heterocycles. The van der Waals surface area contributed by atoms with Gasteiger partial charge in [-0.1, -0.05) is 201 Å². The summed E-state index contributed by atoms with van der Waals surface area (Å²) in [6, 6.07) is 2.26. The van der Waals surface area contributed by atoms with Gasteiger partial charge in [0.25, 0.3) is 0 Å². The van der Waals surface area contributed by atoms with E-state index in [9.17, 15) is 4.79 Å². The predicted molar refractivity (Wildman–Crippen MR) is 276 cm³/mol. The van der Waals surface area contributed by atoms with E-state index in [1.807, 2.05) is 0 Å². The van der Waals surface area contributed by atoms with Crippen LogP contribution in [0.15, 0.2) is 0 Å². The van der Waals surface area contributed by atoms with Crippen LogP contribution >= 0.6 is 0 Å². The third-order valence-corrected chi connectivity index (χ3v) is 12.8. The fourth-order valence-electron chi connectivity index (χ4n) is 9.04. The summed E-state index contributed by atoms with van der Waals surface area (Å²) < 4.78 is 0. The largest absolute Gasteiger partial charge is 2.00 e. The van der Waals surface area contributed by atoms with Gasteiger partial charge < -0.3 is 93.6 Å². The zero-order valence-electron chi connectivity index (χ0n) is 45.2. The average Bonchev–Trinajstić information content (AvgIpc) is 4.02. The van der Waals surface area contributed by atoms with Crippen molar-refractivity contribution in [3.63, 3.8) is 0 Å². The van der Waals surface area contributed by atoms with Crippen LogP contribution in [-0.4, -0.2) is 22.8 Å². The Morgan fingerprint density at radius 3 is 0.800 bits per heavy atom. The van der Waals surface area contributed by atoms with Crippen molar-refractivity contribution in [2.24, 2.45) is 29.1 Å². The van der Waals surface area contributed by atoms with Gasteiger partial charge in [0.1, 0.15) is 0 Å². The summed E-state index contributed by atoms with van der Waals surface area (Å²) in [5.41, 5.74) is 0.580. The first-order valence-corrected chi connectivity index (χ1v) is 23.5. The Morgan fingerprint density at radius 2 is 0.646 bits per heavy atom. The summed E-state index contributed by atoms with van der Waals surface area (Å²) in [5.74, 6) is 1.92. The molecule has 8 aliphatic rings. The van der Waals surface area contributed by atoms with Gasteiger partial charge in [0, 0.05) is 18.9 Å². The van der Waals surface area contributed by atoms with Crippen molar-refractivity contribution in [1.82, 2.24) is 0 Å². The maximum atomic E-state index is 10.2. The average molecular weight is 1200 g/mol. The molecule has 402 valence electrons. The van der Waals surface area contributed by atoms with Crippen molar-refractivity contribution in [3.8, 4) is 6.07 Å². The zero-order valence-corrected chi connectivity index (χ0v) is 51.8.